The predicted molar refractivity (Wildman–Crippen MR) is 114 cm³/mol. The molecule has 0 atom stereocenters. The number of benzene rings is 2. The second kappa shape index (κ2) is 7.65. The quantitative estimate of drug-likeness (QED) is 0.666. The molecule has 9 heteroatoms. The zero-order valence-corrected chi connectivity index (χ0v) is 19.0. The minimum atomic E-state index is -4.08. The first-order valence-electron chi connectivity index (χ1n) is 8.45. The molecule has 0 N–H and O–H groups in total. The first kappa shape index (κ1) is 21.5. The Morgan fingerprint density at radius 3 is 1.22 bits per heavy atom. The van der Waals surface area contributed by atoms with E-state index in [4.69, 9.17) is 0 Å². The summed E-state index contributed by atoms with van der Waals surface area (Å²) in [6.45, 7) is 5.03. The topological polar surface area (TPSA) is 74.8 Å². The molecule has 0 fully saturated rings. The van der Waals surface area contributed by atoms with Crippen LogP contribution >= 0.6 is 0 Å². The fourth-order valence-electron chi connectivity index (χ4n) is 2.90. The number of anilines is 2. The lowest BCUT2D eigenvalue weighted by Crippen LogP contribution is -2.54. The van der Waals surface area contributed by atoms with E-state index in [0.29, 0.717) is 11.4 Å². The Kier molecular flexibility index (Phi) is 6.08. The third-order valence-electron chi connectivity index (χ3n) is 4.25. The number of para-hydroxylation sites is 2. The van der Waals surface area contributed by atoms with Gasteiger partial charge in [-0.2, -0.15) is 0 Å². The van der Waals surface area contributed by atoms with Crippen molar-refractivity contribution in [2.24, 2.45) is 0 Å². The van der Waals surface area contributed by atoms with E-state index in [0.717, 1.165) is 8.61 Å². The summed E-state index contributed by atoms with van der Waals surface area (Å²) in [5, 5.41) is -0.913. The summed E-state index contributed by atoms with van der Waals surface area (Å²) in [6.07, 6.45) is 0. The van der Waals surface area contributed by atoms with Gasteiger partial charge >= 0.3 is 7.10 Å². The van der Waals surface area contributed by atoms with Gasteiger partial charge in [0.05, 0.1) is 11.4 Å². The zero-order valence-electron chi connectivity index (χ0n) is 16.2. The molecule has 0 heterocycles. The number of hydrogen-bond donors (Lipinski definition) is 0. The number of nitrogens with zero attached hydrogens (tertiary/aromatic N) is 2. The summed E-state index contributed by atoms with van der Waals surface area (Å²) < 4.78 is 56.0. The minimum absolute atomic E-state index is 0.441. The Morgan fingerprint density at radius 2 is 0.963 bits per heavy atom. The Balaban J connectivity index is 2.58. The molecule has 0 spiro atoms. The molecule has 2 aromatic carbocycles. The molecule has 0 aromatic heterocycles. The van der Waals surface area contributed by atoms with Gasteiger partial charge < -0.3 is 0 Å². The van der Waals surface area contributed by atoms with Gasteiger partial charge in [-0.1, -0.05) is 57.2 Å². The molecule has 6 nitrogen and oxygen atoms in total. The summed E-state index contributed by atoms with van der Waals surface area (Å²) in [5.74, 6) is 0. The highest BCUT2D eigenvalue weighted by molar-refractivity contribution is 8.48. The fraction of sp³-hybridized carbons (Fsp3) is 0.333. The van der Waals surface area contributed by atoms with E-state index < -0.39 is 31.1 Å². The number of rotatable bonds is 6. The minimum Gasteiger partial charge on any atom is -0.278 e. The van der Waals surface area contributed by atoms with Gasteiger partial charge in [0.1, 0.15) is 0 Å². The average Bonchev–Trinajstić information content (AvgIpc) is 2.60. The van der Waals surface area contributed by atoms with Crippen molar-refractivity contribution in [3.05, 3.63) is 60.7 Å². The third kappa shape index (κ3) is 4.36. The molecule has 0 amide bonds. The highest BCUT2D eigenvalue weighted by atomic mass is 32.6. The van der Waals surface area contributed by atoms with Crippen LogP contribution in [0, 0.1) is 0 Å². The van der Waals surface area contributed by atoms with Gasteiger partial charge in [-0.25, -0.2) is 16.8 Å². The van der Waals surface area contributed by atoms with Crippen LogP contribution in [-0.4, -0.2) is 38.0 Å². The van der Waals surface area contributed by atoms with Crippen LogP contribution in [0.1, 0.15) is 20.8 Å². The molecule has 0 bridgehead atoms. The highest BCUT2D eigenvalue weighted by Gasteiger charge is 2.53. The maximum absolute atomic E-state index is 13.4. The first-order valence-corrected chi connectivity index (χ1v) is 14.9. The van der Waals surface area contributed by atoms with Crippen LogP contribution in [0.2, 0.25) is 5.04 Å². The molecular formula is C18H26N2O4S2Si. The normalized spacial score (nSPS) is 12.8. The molecule has 0 unspecified atom stereocenters. The molecular weight excluding hydrogens is 400 g/mol. The van der Waals surface area contributed by atoms with Gasteiger partial charge in [-0.15, -0.1) is 0 Å². The summed E-state index contributed by atoms with van der Waals surface area (Å²) in [6, 6.07) is 17.1. The van der Waals surface area contributed by atoms with Crippen molar-refractivity contribution in [3.8, 4) is 0 Å². The van der Waals surface area contributed by atoms with E-state index in [-0.39, 0.29) is 0 Å². The number of hydrogen-bond acceptors (Lipinski definition) is 4. The van der Waals surface area contributed by atoms with Gasteiger partial charge in [-0.3, -0.25) is 8.61 Å². The maximum atomic E-state index is 13.4. The van der Waals surface area contributed by atoms with Gasteiger partial charge in [0, 0.05) is 14.1 Å². The van der Waals surface area contributed by atoms with E-state index >= 15 is 0 Å². The maximum Gasteiger partial charge on any atom is 0.370 e. The van der Waals surface area contributed by atoms with Crippen LogP contribution in [0.3, 0.4) is 0 Å². The summed E-state index contributed by atoms with van der Waals surface area (Å²) in [7, 11) is -8.84. The molecule has 0 aliphatic heterocycles. The zero-order chi connectivity index (χ0) is 20.5. The Hall–Kier alpha value is -1.84. The molecule has 0 saturated heterocycles. The van der Waals surface area contributed by atoms with Crippen LogP contribution in [0.15, 0.2) is 60.7 Å². The van der Waals surface area contributed by atoms with Crippen LogP contribution in [-0.2, 0) is 18.9 Å². The lowest BCUT2D eigenvalue weighted by Gasteiger charge is -2.35. The third-order valence-corrected chi connectivity index (χ3v) is 22.5. The van der Waals surface area contributed by atoms with E-state index in [1.165, 1.54) is 14.1 Å². The molecule has 0 aliphatic carbocycles. The molecule has 0 radical (unpaired) electrons. The van der Waals surface area contributed by atoms with Crippen molar-refractivity contribution in [1.82, 2.24) is 0 Å². The SMILES string of the molecule is CN(c1ccccc1)S(=O)(=O)[SiH](C(C)(C)C)S(=O)(=O)N(C)c1ccccc1. The summed E-state index contributed by atoms with van der Waals surface area (Å²) >= 11 is 0. The first-order chi connectivity index (χ1) is 12.4. The molecule has 0 saturated carbocycles. The van der Waals surface area contributed by atoms with Crippen LogP contribution < -0.4 is 8.61 Å². The highest BCUT2D eigenvalue weighted by Crippen LogP contribution is 2.37. The van der Waals surface area contributed by atoms with Crippen LogP contribution in [0.4, 0.5) is 11.4 Å². The Morgan fingerprint density at radius 1 is 0.667 bits per heavy atom. The lowest BCUT2D eigenvalue weighted by atomic mass is 10.3. The van der Waals surface area contributed by atoms with Crippen molar-refractivity contribution >= 4 is 37.4 Å². The van der Waals surface area contributed by atoms with E-state index in [1.807, 2.05) is 0 Å². The fourth-order valence-corrected chi connectivity index (χ4v) is 20.2. The smallest absolute Gasteiger partial charge is 0.278 e. The Labute approximate surface area is 163 Å². The molecule has 2 aromatic rings. The predicted octanol–water partition coefficient (Wildman–Crippen LogP) is 2.94. The van der Waals surface area contributed by atoms with E-state index in [1.54, 1.807) is 81.4 Å². The van der Waals surface area contributed by atoms with Gasteiger partial charge in [0.2, 0.25) is 18.9 Å². The summed E-state index contributed by atoms with van der Waals surface area (Å²) in [4.78, 5) is 0. The largest absolute Gasteiger partial charge is 0.370 e. The lowest BCUT2D eigenvalue weighted by molar-refractivity contribution is 0.597. The average molecular weight is 427 g/mol. The van der Waals surface area contributed by atoms with Crippen molar-refractivity contribution in [1.29, 1.82) is 0 Å². The standard InChI is InChI=1S/C18H26N2O4S2Si/c1-18(2,3)27(25(21,22)19(4)16-12-8-6-9-13-16)26(23,24)20(5)17-14-10-7-11-15-17/h6-15,27H,1-5H3. The second-order valence-electron chi connectivity index (χ2n) is 7.39. The van der Waals surface area contributed by atoms with Gasteiger partial charge in [0.25, 0.3) is 0 Å². The van der Waals surface area contributed by atoms with Gasteiger partial charge in [-0.05, 0) is 29.3 Å². The van der Waals surface area contributed by atoms with Crippen molar-refractivity contribution < 1.29 is 16.8 Å². The van der Waals surface area contributed by atoms with E-state index in [2.05, 4.69) is 0 Å². The molecule has 27 heavy (non-hydrogen) atoms. The Bertz CT molecular complexity index is 898. The van der Waals surface area contributed by atoms with Crippen LogP contribution in [0.5, 0.6) is 0 Å². The summed E-state index contributed by atoms with van der Waals surface area (Å²) in [5.41, 5.74) is 0.883. The molecule has 0 aliphatic rings. The monoisotopic (exact) mass is 426 g/mol. The van der Waals surface area contributed by atoms with Crippen LogP contribution in [0.25, 0.3) is 0 Å². The molecule has 148 valence electrons. The van der Waals surface area contributed by atoms with Crippen molar-refractivity contribution in [3.63, 3.8) is 0 Å². The second-order valence-corrected chi connectivity index (χ2v) is 20.2. The van der Waals surface area contributed by atoms with Crippen molar-refractivity contribution in [2.45, 2.75) is 25.8 Å². The molecule has 2 rings (SSSR count). The van der Waals surface area contributed by atoms with Crippen molar-refractivity contribution in [2.75, 3.05) is 22.7 Å². The van der Waals surface area contributed by atoms with E-state index in [9.17, 15) is 16.8 Å². The van der Waals surface area contributed by atoms with Gasteiger partial charge in [0.15, 0.2) is 0 Å².